The quantitative estimate of drug-likeness (QED) is 0.594. The zero-order chi connectivity index (χ0) is 11.2. The van der Waals surface area contributed by atoms with Gasteiger partial charge in [0, 0.05) is 0 Å². The first kappa shape index (κ1) is 12.7. The number of halogens is 2. The van der Waals surface area contributed by atoms with Gasteiger partial charge in [-0.25, -0.2) is 10.3 Å². The van der Waals surface area contributed by atoms with Crippen LogP contribution in [0.15, 0.2) is 0 Å². The summed E-state index contributed by atoms with van der Waals surface area (Å²) < 4.78 is 28.7. The van der Waals surface area contributed by atoms with Crippen LogP contribution in [0.25, 0.3) is 0 Å². The number of carbonyl (C=O) groups is 2. The maximum absolute atomic E-state index is 12.5. The van der Waals surface area contributed by atoms with E-state index in [1.807, 2.05) is 0 Å². The number of rotatable bonds is 6. The number of alkyl halides is 2. The zero-order valence-electron chi connectivity index (χ0n) is 7.25. The molecule has 0 bridgehead atoms. The van der Waals surface area contributed by atoms with Crippen molar-refractivity contribution in [3.63, 3.8) is 0 Å². The van der Waals surface area contributed by atoms with E-state index in [4.69, 9.17) is 5.11 Å². The molecule has 0 atom stereocenters. The molecule has 14 heavy (non-hydrogen) atoms. The molecule has 0 saturated carbocycles. The van der Waals surface area contributed by atoms with Gasteiger partial charge in [0.1, 0.15) is 0 Å². The number of hydroxylamine groups is 1. The number of aliphatic carboxylic acids is 1. The molecule has 0 radical (unpaired) electrons. The molecule has 0 spiro atoms. The predicted octanol–water partition coefficient (Wildman–Crippen LogP) is -0.252. The van der Waals surface area contributed by atoms with Crippen molar-refractivity contribution in [1.29, 1.82) is 0 Å². The molecule has 0 aliphatic heterocycles. The van der Waals surface area contributed by atoms with Crippen molar-refractivity contribution in [3.8, 4) is 0 Å². The van der Waals surface area contributed by atoms with Crippen LogP contribution in [0.3, 0.4) is 0 Å². The van der Waals surface area contributed by atoms with Crippen LogP contribution in [0.1, 0.15) is 6.92 Å². The Kier molecular flexibility index (Phi) is 4.95. The summed E-state index contributed by atoms with van der Waals surface area (Å²) in [6.07, 6.45) is -4.02. The predicted molar refractivity (Wildman–Crippen MR) is 38.3 cm³/mol. The second-order valence-corrected chi connectivity index (χ2v) is 2.06. The van der Waals surface area contributed by atoms with Crippen LogP contribution in [0.5, 0.6) is 0 Å². The minimum Gasteiger partial charge on any atom is -0.479 e. The summed E-state index contributed by atoms with van der Waals surface area (Å²) in [7, 11) is 0. The molecule has 6 nitrogen and oxygen atoms in total. The van der Waals surface area contributed by atoms with Gasteiger partial charge in [0.2, 0.25) is 0 Å². The molecule has 1 amide bonds. The molecule has 0 aromatic carbocycles. The van der Waals surface area contributed by atoms with Crippen LogP contribution in [0.2, 0.25) is 0 Å². The number of ether oxygens (including phenoxy) is 1. The molecule has 0 fully saturated rings. The van der Waals surface area contributed by atoms with Crippen LogP contribution in [0.4, 0.5) is 8.78 Å². The van der Waals surface area contributed by atoms with E-state index in [9.17, 15) is 18.4 Å². The highest BCUT2D eigenvalue weighted by atomic mass is 19.3. The lowest BCUT2D eigenvalue weighted by atomic mass is 10.6. The SMILES string of the molecule is CCOC(F)(F)C(=O)NOCC(=O)O. The summed E-state index contributed by atoms with van der Waals surface area (Å²) in [6.45, 7) is 0.00654. The lowest BCUT2D eigenvalue weighted by Gasteiger charge is -2.14. The minimum absolute atomic E-state index is 0.362. The Bertz CT molecular complexity index is 220. The van der Waals surface area contributed by atoms with Gasteiger partial charge in [0.25, 0.3) is 0 Å². The van der Waals surface area contributed by atoms with Gasteiger partial charge in [-0.05, 0) is 6.92 Å². The number of nitrogens with one attached hydrogen (secondary N) is 1. The zero-order valence-corrected chi connectivity index (χ0v) is 7.25. The first-order valence-corrected chi connectivity index (χ1v) is 3.56. The Morgan fingerprint density at radius 3 is 2.50 bits per heavy atom. The van der Waals surface area contributed by atoms with Crippen molar-refractivity contribution < 1.29 is 33.1 Å². The van der Waals surface area contributed by atoms with Crippen LogP contribution in [-0.2, 0) is 19.2 Å². The molecule has 0 aliphatic rings. The number of carboxylic acid groups (broad SMARTS) is 1. The van der Waals surface area contributed by atoms with Crippen LogP contribution in [0, 0.1) is 0 Å². The van der Waals surface area contributed by atoms with Crippen molar-refractivity contribution in [2.24, 2.45) is 0 Å². The molecule has 8 heteroatoms. The molecule has 0 aromatic heterocycles. The molecule has 0 heterocycles. The van der Waals surface area contributed by atoms with E-state index in [2.05, 4.69) is 9.57 Å². The molecule has 0 aromatic rings. The Morgan fingerprint density at radius 2 is 2.07 bits per heavy atom. The van der Waals surface area contributed by atoms with Crippen molar-refractivity contribution in [2.45, 2.75) is 13.0 Å². The molecule has 2 N–H and O–H groups in total. The fourth-order valence-electron chi connectivity index (χ4n) is 0.470. The van der Waals surface area contributed by atoms with Gasteiger partial charge < -0.3 is 9.84 Å². The van der Waals surface area contributed by atoms with Crippen LogP contribution in [-0.4, -0.2) is 36.3 Å². The van der Waals surface area contributed by atoms with Crippen LogP contribution < -0.4 is 5.48 Å². The number of amides is 1. The molecule has 0 aliphatic carbocycles. The largest absolute Gasteiger partial charge is 0.479 e. The van der Waals surface area contributed by atoms with Gasteiger partial charge >= 0.3 is 18.0 Å². The fraction of sp³-hybridized carbons (Fsp3) is 0.667. The molecule has 0 rings (SSSR count). The second-order valence-electron chi connectivity index (χ2n) is 2.06. The normalized spacial score (nSPS) is 11.1. The summed E-state index contributed by atoms with van der Waals surface area (Å²) in [5, 5.41) is 8.04. The average Bonchev–Trinajstić information content (AvgIpc) is 2.03. The van der Waals surface area contributed by atoms with Gasteiger partial charge in [-0.15, -0.1) is 0 Å². The first-order valence-electron chi connectivity index (χ1n) is 3.56. The summed E-state index contributed by atoms with van der Waals surface area (Å²) >= 11 is 0. The Morgan fingerprint density at radius 1 is 1.50 bits per heavy atom. The van der Waals surface area contributed by atoms with Crippen molar-refractivity contribution in [3.05, 3.63) is 0 Å². The molecular weight excluding hydrogens is 204 g/mol. The van der Waals surface area contributed by atoms with Crippen LogP contribution >= 0.6 is 0 Å². The van der Waals surface area contributed by atoms with E-state index < -0.39 is 24.6 Å². The van der Waals surface area contributed by atoms with Crippen molar-refractivity contribution in [1.82, 2.24) is 5.48 Å². The molecule has 82 valence electrons. The monoisotopic (exact) mass is 213 g/mol. The summed E-state index contributed by atoms with van der Waals surface area (Å²) in [6, 6.07) is 0. The number of carbonyl (C=O) groups excluding carboxylic acids is 1. The van der Waals surface area contributed by atoms with Gasteiger partial charge in [-0.2, -0.15) is 8.78 Å². The second kappa shape index (κ2) is 5.45. The third-order valence-electron chi connectivity index (χ3n) is 0.950. The summed E-state index contributed by atoms with van der Waals surface area (Å²) in [5.41, 5.74) is 1.24. The topological polar surface area (TPSA) is 84.9 Å². The lowest BCUT2D eigenvalue weighted by Crippen LogP contribution is -2.42. The van der Waals surface area contributed by atoms with E-state index in [0.29, 0.717) is 0 Å². The Balaban J connectivity index is 3.88. The third-order valence-corrected chi connectivity index (χ3v) is 0.950. The van der Waals surface area contributed by atoms with E-state index in [1.54, 1.807) is 0 Å². The van der Waals surface area contributed by atoms with E-state index >= 15 is 0 Å². The van der Waals surface area contributed by atoms with Gasteiger partial charge in [-0.1, -0.05) is 0 Å². The number of hydrogen-bond acceptors (Lipinski definition) is 4. The van der Waals surface area contributed by atoms with E-state index in [1.165, 1.54) is 12.4 Å². The van der Waals surface area contributed by atoms with Crippen molar-refractivity contribution in [2.75, 3.05) is 13.2 Å². The number of carboxylic acids is 1. The van der Waals surface area contributed by atoms with Crippen molar-refractivity contribution >= 4 is 11.9 Å². The third kappa shape index (κ3) is 4.67. The highest BCUT2D eigenvalue weighted by molar-refractivity contribution is 5.81. The lowest BCUT2D eigenvalue weighted by molar-refractivity contribution is -0.237. The summed E-state index contributed by atoms with van der Waals surface area (Å²) in [5.74, 6) is -3.24. The van der Waals surface area contributed by atoms with Gasteiger partial charge in [-0.3, -0.25) is 9.63 Å². The summed E-state index contributed by atoms with van der Waals surface area (Å²) in [4.78, 5) is 24.3. The maximum Gasteiger partial charge on any atom is 0.438 e. The smallest absolute Gasteiger partial charge is 0.438 e. The maximum atomic E-state index is 12.5. The average molecular weight is 213 g/mol. The highest BCUT2D eigenvalue weighted by Crippen LogP contribution is 2.14. The molecule has 0 unspecified atom stereocenters. The fourth-order valence-corrected chi connectivity index (χ4v) is 0.470. The minimum atomic E-state index is -4.02. The standard InChI is InChI=1S/C6H9F2NO5/c1-2-13-6(7,8)5(12)9-14-3-4(10)11/h2-3H2,1H3,(H,9,12)(H,10,11). The molecule has 0 saturated heterocycles. The van der Waals surface area contributed by atoms with E-state index in [0.717, 1.165) is 0 Å². The Hall–Kier alpha value is -1.28. The Labute approximate surface area is 77.7 Å². The first-order chi connectivity index (χ1) is 6.40. The highest BCUT2D eigenvalue weighted by Gasteiger charge is 2.40. The van der Waals surface area contributed by atoms with E-state index in [-0.39, 0.29) is 6.61 Å². The number of hydrogen-bond donors (Lipinski definition) is 2. The van der Waals surface area contributed by atoms with Gasteiger partial charge in [0.05, 0.1) is 6.61 Å². The van der Waals surface area contributed by atoms with Gasteiger partial charge in [0.15, 0.2) is 6.61 Å². The molecular formula is C6H9F2NO5.